The zero-order chi connectivity index (χ0) is 20.1. The minimum Gasteiger partial charge on any atom is -0.497 e. The third-order valence-electron chi connectivity index (χ3n) is 4.41. The Kier molecular flexibility index (Phi) is 5.29. The molecule has 3 aromatic carbocycles. The maximum atomic E-state index is 12.9. The van der Waals surface area contributed by atoms with Crippen molar-refractivity contribution in [1.29, 1.82) is 0 Å². The summed E-state index contributed by atoms with van der Waals surface area (Å²) < 4.78 is 6.51. The maximum Gasteiger partial charge on any atom is 0.272 e. The molecule has 0 aliphatic rings. The van der Waals surface area contributed by atoms with Crippen molar-refractivity contribution in [1.82, 2.24) is 14.8 Å². The second-order valence-electron chi connectivity index (χ2n) is 6.35. The summed E-state index contributed by atoms with van der Waals surface area (Å²) >= 11 is 0. The van der Waals surface area contributed by atoms with Crippen LogP contribution in [0, 0.1) is 0 Å². The van der Waals surface area contributed by atoms with E-state index in [2.05, 4.69) is 10.1 Å². The first-order chi connectivity index (χ1) is 14.2. The number of aromatic nitrogens is 3. The summed E-state index contributed by atoms with van der Waals surface area (Å²) in [6, 6.07) is 26.7. The number of ether oxygens (including phenoxy) is 1. The molecule has 1 aromatic heterocycles. The van der Waals surface area contributed by atoms with Gasteiger partial charge in [0.25, 0.3) is 5.91 Å². The molecule has 4 aromatic rings. The van der Waals surface area contributed by atoms with E-state index >= 15 is 0 Å². The quantitative estimate of drug-likeness (QED) is 0.458. The minimum atomic E-state index is -0.269. The highest BCUT2D eigenvalue weighted by Gasteiger charge is 2.17. The molecule has 0 radical (unpaired) electrons. The van der Waals surface area contributed by atoms with Gasteiger partial charge in [-0.2, -0.15) is 4.68 Å². The normalized spacial score (nSPS) is 10.9. The van der Waals surface area contributed by atoms with E-state index in [0.717, 1.165) is 22.4 Å². The predicted octanol–water partition coefficient (Wildman–Crippen LogP) is 4.97. The van der Waals surface area contributed by atoms with Crippen molar-refractivity contribution in [3.63, 3.8) is 0 Å². The molecule has 0 bridgehead atoms. The van der Waals surface area contributed by atoms with Crippen LogP contribution in [0.3, 0.4) is 0 Å². The first kappa shape index (κ1) is 18.4. The highest BCUT2D eigenvalue weighted by atomic mass is 16.5. The van der Waals surface area contributed by atoms with Crippen LogP contribution in [0.5, 0.6) is 5.75 Å². The van der Waals surface area contributed by atoms with E-state index in [1.54, 1.807) is 13.2 Å². The Labute approximate surface area is 168 Å². The van der Waals surface area contributed by atoms with Gasteiger partial charge in [0.2, 0.25) is 0 Å². The molecule has 0 fully saturated rings. The number of hydrogen-bond acceptors (Lipinski definition) is 4. The van der Waals surface area contributed by atoms with Crippen molar-refractivity contribution < 1.29 is 9.53 Å². The Morgan fingerprint density at radius 1 is 0.862 bits per heavy atom. The third-order valence-corrected chi connectivity index (χ3v) is 4.41. The largest absolute Gasteiger partial charge is 0.497 e. The second kappa shape index (κ2) is 8.35. The molecule has 0 amide bonds. The topological polar surface area (TPSA) is 57.0 Å². The molecule has 5 heteroatoms. The monoisotopic (exact) mass is 381 g/mol. The Balaban J connectivity index is 1.70. The van der Waals surface area contributed by atoms with Crippen LogP contribution in [-0.4, -0.2) is 27.8 Å². The van der Waals surface area contributed by atoms with Gasteiger partial charge in [-0.1, -0.05) is 72.8 Å². The average molecular weight is 381 g/mol. The molecule has 4 rings (SSSR count). The van der Waals surface area contributed by atoms with Crippen LogP contribution in [0.15, 0.2) is 91.0 Å². The van der Waals surface area contributed by atoms with Gasteiger partial charge in [0.15, 0.2) is 11.6 Å². The molecule has 0 aliphatic carbocycles. The molecule has 5 nitrogen and oxygen atoms in total. The maximum absolute atomic E-state index is 12.9. The summed E-state index contributed by atoms with van der Waals surface area (Å²) in [6.45, 7) is 0. The van der Waals surface area contributed by atoms with Crippen LogP contribution in [0.1, 0.15) is 10.4 Å². The fraction of sp³-hybridized carbons (Fsp3) is 0.0417. The van der Waals surface area contributed by atoms with Gasteiger partial charge in [-0.15, -0.1) is 5.10 Å². The molecule has 0 unspecified atom stereocenters. The van der Waals surface area contributed by atoms with Gasteiger partial charge in [-0.05, 0) is 23.8 Å². The predicted molar refractivity (Wildman–Crippen MR) is 114 cm³/mol. The lowest BCUT2D eigenvalue weighted by molar-refractivity contribution is 0.0957. The van der Waals surface area contributed by atoms with Gasteiger partial charge >= 0.3 is 0 Å². The van der Waals surface area contributed by atoms with Crippen molar-refractivity contribution in [2.24, 2.45) is 0 Å². The Bertz CT molecular complexity index is 1130. The average Bonchev–Trinajstić information content (AvgIpc) is 3.25. The fourth-order valence-electron chi connectivity index (χ4n) is 2.90. The zero-order valence-corrected chi connectivity index (χ0v) is 15.9. The first-order valence-corrected chi connectivity index (χ1v) is 9.19. The molecule has 0 saturated carbocycles. The smallest absolute Gasteiger partial charge is 0.272 e. The molecular formula is C24H19N3O2. The summed E-state index contributed by atoms with van der Waals surface area (Å²) in [5.41, 5.74) is 2.58. The van der Waals surface area contributed by atoms with E-state index in [-0.39, 0.29) is 5.91 Å². The second-order valence-corrected chi connectivity index (χ2v) is 6.35. The molecule has 0 saturated heterocycles. The molecule has 0 aliphatic heterocycles. The number of hydrogen-bond donors (Lipinski definition) is 0. The van der Waals surface area contributed by atoms with Gasteiger partial charge in [0, 0.05) is 17.2 Å². The lowest BCUT2D eigenvalue weighted by Crippen LogP contribution is -2.11. The van der Waals surface area contributed by atoms with Crippen LogP contribution in [0.25, 0.3) is 28.9 Å². The fourth-order valence-corrected chi connectivity index (χ4v) is 2.90. The highest BCUT2D eigenvalue weighted by Crippen LogP contribution is 2.22. The van der Waals surface area contributed by atoms with Crippen molar-refractivity contribution in [2.45, 2.75) is 0 Å². The van der Waals surface area contributed by atoms with Crippen molar-refractivity contribution in [3.8, 4) is 28.5 Å². The van der Waals surface area contributed by atoms with E-state index in [1.165, 1.54) is 10.8 Å². The number of carbonyl (C=O) groups is 1. The summed E-state index contributed by atoms with van der Waals surface area (Å²) in [5.74, 6) is 1.52. The number of allylic oxidation sites excluding steroid dienone is 1. The molecule has 142 valence electrons. The number of rotatable bonds is 5. The van der Waals surface area contributed by atoms with Gasteiger partial charge < -0.3 is 4.74 Å². The zero-order valence-electron chi connectivity index (χ0n) is 15.9. The number of benzene rings is 3. The molecule has 0 atom stereocenters. The highest BCUT2D eigenvalue weighted by molar-refractivity contribution is 5.95. The van der Waals surface area contributed by atoms with Crippen LogP contribution < -0.4 is 4.74 Å². The van der Waals surface area contributed by atoms with E-state index < -0.39 is 0 Å². The standard InChI is InChI=1S/C24H19N3O2/c1-29-21-15-12-18(13-16-21)14-17-22(28)27-24(20-10-6-3-7-11-20)25-23(26-27)19-8-4-2-5-9-19/h2-17H,1H3/b17-14+. The van der Waals surface area contributed by atoms with Crippen LogP contribution in [-0.2, 0) is 0 Å². The number of nitrogens with zero attached hydrogens (tertiary/aromatic N) is 3. The van der Waals surface area contributed by atoms with Gasteiger partial charge in [0.05, 0.1) is 7.11 Å². The Morgan fingerprint density at radius 2 is 1.48 bits per heavy atom. The lowest BCUT2D eigenvalue weighted by Gasteiger charge is -2.02. The molecular weight excluding hydrogens is 362 g/mol. The third kappa shape index (κ3) is 4.14. The van der Waals surface area contributed by atoms with Gasteiger partial charge in [0.1, 0.15) is 5.75 Å². The Hall–Kier alpha value is -3.99. The molecule has 1 heterocycles. The van der Waals surface area contributed by atoms with Crippen molar-refractivity contribution >= 4 is 12.0 Å². The van der Waals surface area contributed by atoms with E-state index in [4.69, 9.17) is 4.74 Å². The van der Waals surface area contributed by atoms with Gasteiger partial charge in [-0.25, -0.2) is 4.98 Å². The minimum absolute atomic E-state index is 0.269. The van der Waals surface area contributed by atoms with Crippen molar-refractivity contribution in [2.75, 3.05) is 7.11 Å². The molecule has 0 N–H and O–H groups in total. The van der Waals surface area contributed by atoms with Crippen LogP contribution >= 0.6 is 0 Å². The number of carbonyl (C=O) groups excluding carboxylic acids is 1. The van der Waals surface area contributed by atoms with Gasteiger partial charge in [-0.3, -0.25) is 4.79 Å². The summed E-state index contributed by atoms with van der Waals surface area (Å²) in [5, 5.41) is 4.48. The van der Waals surface area contributed by atoms with E-state index in [0.29, 0.717) is 11.6 Å². The number of methoxy groups -OCH3 is 1. The van der Waals surface area contributed by atoms with E-state index in [9.17, 15) is 4.79 Å². The van der Waals surface area contributed by atoms with Crippen LogP contribution in [0.4, 0.5) is 0 Å². The summed E-state index contributed by atoms with van der Waals surface area (Å²) in [7, 11) is 1.62. The van der Waals surface area contributed by atoms with Crippen molar-refractivity contribution in [3.05, 3.63) is 96.6 Å². The lowest BCUT2D eigenvalue weighted by atomic mass is 10.2. The summed E-state index contributed by atoms with van der Waals surface area (Å²) in [6.07, 6.45) is 3.25. The SMILES string of the molecule is COc1ccc(/C=C/C(=O)n2nc(-c3ccccc3)nc2-c2ccccc2)cc1. The van der Waals surface area contributed by atoms with Crippen LogP contribution in [0.2, 0.25) is 0 Å². The molecule has 29 heavy (non-hydrogen) atoms. The molecule has 0 spiro atoms. The first-order valence-electron chi connectivity index (χ1n) is 9.19. The Morgan fingerprint density at radius 3 is 2.10 bits per heavy atom. The van der Waals surface area contributed by atoms with E-state index in [1.807, 2.05) is 84.9 Å². The summed E-state index contributed by atoms with van der Waals surface area (Å²) in [4.78, 5) is 17.6.